The Morgan fingerprint density at radius 1 is 1.15 bits per heavy atom. The molecular weight excluding hydrogens is 252 g/mol. The third kappa shape index (κ3) is 5.03. The molecule has 4 heteroatoms. The van der Waals surface area contributed by atoms with E-state index in [9.17, 15) is 9.59 Å². The average Bonchev–Trinajstić information content (AvgIpc) is 2.45. The highest BCUT2D eigenvalue weighted by Crippen LogP contribution is 2.15. The maximum atomic E-state index is 11.8. The smallest absolute Gasteiger partial charge is 0.240 e. The topological polar surface area (TPSA) is 49.4 Å². The van der Waals surface area contributed by atoms with Crippen molar-refractivity contribution in [3.63, 3.8) is 0 Å². The van der Waals surface area contributed by atoms with Crippen molar-refractivity contribution in [2.75, 3.05) is 18.0 Å². The number of nitrogens with one attached hydrogen (secondary N) is 1. The Balaban J connectivity index is 2.68. The first-order valence-electron chi connectivity index (χ1n) is 7.22. The van der Waals surface area contributed by atoms with E-state index in [1.165, 1.54) is 17.4 Å². The maximum Gasteiger partial charge on any atom is 0.240 e. The van der Waals surface area contributed by atoms with E-state index in [1.807, 2.05) is 24.3 Å². The van der Waals surface area contributed by atoms with Crippen molar-refractivity contribution >= 4 is 17.5 Å². The lowest BCUT2D eigenvalue weighted by molar-refractivity contribution is -0.123. The van der Waals surface area contributed by atoms with Gasteiger partial charge in [0.25, 0.3) is 0 Å². The number of rotatable bonds is 7. The summed E-state index contributed by atoms with van der Waals surface area (Å²) in [6, 6.07) is 7.75. The number of hydrogen-bond donors (Lipinski definition) is 1. The van der Waals surface area contributed by atoms with Crippen LogP contribution >= 0.6 is 0 Å². The van der Waals surface area contributed by atoms with Crippen molar-refractivity contribution in [1.29, 1.82) is 0 Å². The number of benzene rings is 1. The van der Waals surface area contributed by atoms with Crippen LogP contribution in [0.25, 0.3) is 0 Å². The molecule has 4 nitrogen and oxygen atoms in total. The highest BCUT2D eigenvalue weighted by atomic mass is 16.2. The van der Waals surface area contributed by atoms with Gasteiger partial charge in [-0.2, -0.15) is 0 Å². The quantitative estimate of drug-likeness (QED) is 0.778. The van der Waals surface area contributed by atoms with Gasteiger partial charge in [-0.25, -0.2) is 0 Å². The van der Waals surface area contributed by atoms with E-state index in [0.29, 0.717) is 6.54 Å². The minimum absolute atomic E-state index is 0.0739. The lowest BCUT2D eigenvalue weighted by Crippen LogP contribution is -2.40. The summed E-state index contributed by atoms with van der Waals surface area (Å²) in [5.41, 5.74) is 1.98. The molecule has 0 spiro atoms. The van der Waals surface area contributed by atoms with Crippen molar-refractivity contribution in [2.24, 2.45) is 0 Å². The van der Waals surface area contributed by atoms with E-state index in [0.717, 1.165) is 24.9 Å². The normalized spacial score (nSPS) is 10.2. The molecule has 0 aliphatic carbocycles. The van der Waals surface area contributed by atoms with E-state index < -0.39 is 0 Å². The van der Waals surface area contributed by atoms with Gasteiger partial charge >= 0.3 is 0 Å². The summed E-state index contributed by atoms with van der Waals surface area (Å²) in [7, 11) is 0. The first-order chi connectivity index (χ1) is 9.58. The molecular formula is C16H24N2O2. The molecule has 0 aliphatic rings. The second-order valence-electron chi connectivity index (χ2n) is 4.83. The van der Waals surface area contributed by atoms with Crippen molar-refractivity contribution in [2.45, 2.75) is 40.0 Å². The van der Waals surface area contributed by atoms with E-state index >= 15 is 0 Å². The number of nitrogens with zero attached hydrogens (tertiary/aromatic N) is 1. The fourth-order valence-electron chi connectivity index (χ4n) is 1.90. The second-order valence-corrected chi connectivity index (χ2v) is 4.83. The highest BCUT2D eigenvalue weighted by molar-refractivity contribution is 5.97. The van der Waals surface area contributed by atoms with Crippen molar-refractivity contribution in [1.82, 2.24) is 5.32 Å². The molecule has 0 atom stereocenters. The third-order valence-electron chi connectivity index (χ3n) is 3.19. The molecule has 110 valence electrons. The first-order valence-corrected chi connectivity index (χ1v) is 7.22. The average molecular weight is 276 g/mol. The summed E-state index contributed by atoms with van der Waals surface area (Å²) < 4.78 is 0. The number of carbonyl (C=O) groups excluding carboxylic acids is 2. The van der Waals surface area contributed by atoms with Crippen molar-refractivity contribution < 1.29 is 9.59 Å². The van der Waals surface area contributed by atoms with Gasteiger partial charge in [0.2, 0.25) is 11.8 Å². The van der Waals surface area contributed by atoms with Crippen LogP contribution in [0.15, 0.2) is 24.3 Å². The largest absolute Gasteiger partial charge is 0.355 e. The van der Waals surface area contributed by atoms with Crippen LogP contribution < -0.4 is 10.2 Å². The van der Waals surface area contributed by atoms with Crippen LogP contribution in [0, 0.1) is 0 Å². The Labute approximate surface area is 121 Å². The van der Waals surface area contributed by atoms with E-state index in [4.69, 9.17) is 0 Å². The molecule has 0 radical (unpaired) electrons. The number of amides is 2. The number of carbonyl (C=O) groups is 2. The summed E-state index contributed by atoms with van der Waals surface area (Å²) in [5, 5.41) is 2.83. The fourth-order valence-corrected chi connectivity index (χ4v) is 1.90. The first kappa shape index (κ1) is 16.2. The van der Waals surface area contributed by atoms with Crippen LogP contribution in [0.5, 0.6) is 0 Å². The van der Waals surface area contributed by atoms with Gasteiger partial charge in [0, 0.05) is 19.2 Å². The Kier molecular flexibility index (Phi) is 6.77. The van der Waals surface area contributed by atoms with Gasteiger partial charge in [-0.3, -0.25) is 9.59 Å². The number of unbranched alkanes of at least 4 members (excludes halogenated alkanes) is 1. The van der Waals surface area contributed by atoms with E-state index in [2.05, 4.69) is 19.2 Å². The molecule has 0 saturated carbocycles. The molecule has 20 heavy (non-hydrogen) atoms. The SMILES string of the molecule is CCCCNC(=O)CN(C(C)=O)c1ccc(CC)cc1. The zero-order chi connectivity index (χ0) is 15.0. The molecule has 0 fully saturated rings. The molecule has 1 rings (SSSR count). The Morgan fingerprint density at radius 2 is 1.80 bits per heavy atom. The van der Waals surface area contributed by atoms with Gasteiger partial charge in [0.1, 0.15) is 6.54 Å². The monoisotopic (exact) mass is 276 g/mol. The van der Waals surface area contributed by atoms with Crippen LogP contribution in [0.2, 0.25) is 0 Å². The molecule has 0 aliphatic heterocycles. The third-order valence-corrected chi connectivity index (χ3v) is 3.19. The Hall–Kier alpha value is -1.84. The molecule has 2 amide bonds. The van der Waals surface area contributed by atoms with Gasteiger partial charge < -0.3 is 10.2 Å². The van der Waals surface area contributed by atoms with Crippen molar-refractivity contribution in [3.8, 4) is 0 Å². The lowest BCUT2D eigenvalue weighted by Gasteiger charge is -2.21. The minimum atomic E-state index is -0.125. The Bertz CT molecular complexity index is 440. The van der Waals surface area contributed by atoms with E-state index in [1.54, 1.807) is 0 Å². The van der Waals surface area contributed by atoms with Crippen molar-refractivity contribution in [3.05, 3.63) is 29.8 Å². The van der Waals surface area contributed by atoms with Gasteiger partial charge in [-0.15, -0.1) is 0 Å². The van der Waals surface area contributed by atoms with Crippen LogP contribution in [-0.2, 0) is 16.0 Å². The number of aryl methyl sites for hydroxylation is 1. The summed E-state index contributed by atoms with van der Waals surface area (Å²) in [5.74, 6) is -0.242. The van der Waals surface area contributed by atoms with Crippen LogP contribution in [-0.4, -0.2) is 24.9 Å². The summed E-state index contributed by atoms with van der Waals surface area (Å²) >= 11 is 0. The Morgan fingerprint density at radius 3 is 2.30 bits per heavy atom. The molecule has 1 N–H and O–H groups in total. The molecule has 0 heterocycles. The summed E-state index contributed by atoms with van der Waals surface area (Å²) in [4.78, 5) is 25.0. The second kappa shape index (κ2) is 8.35. The summed E-state index contributed by atoms with van der Waals surface area (Å²) in [6.45, 7) is 6.37. The molecule has 1 aromatic carbocycles. The van der Waals surface area contributed by atoms with Gasteiger partial charge in [-0.05, 0) is 30.5 Å². The van der Waals surface area contributed by atoms with Crippen LogP contribution in [0.1, 0.15) is 39.2 Å². The summed E-state index contributed by atoms with van der Waals surface area (Å²) in [6.07, 6.45) is 2.95. The van der Waals surface area contributed by atoms with Crippen LogP contribution in [0.3, 0.4) is 0 Å². The number of anilines is 1. The van der Waals surface area contributed by atoms with E-state index in [-0.39, 0.29) is 18.4 Å². The van der Waals surface area contributed by atoms with Crippen LogP contribution in [0.4, 0.5) is 5.69 Å². The van der Waals surface area contributed by atoms with Gasteiger partial charge in [-0.1, -0.05) is 32.4 Å². The minimum Gasteiger partial charge on any atom is -0.355 e. The predicted molar refractivity (Wildman–Crippen MR) is 81.8 cm³/mol. The molecule has 0 saturated heterocycles. The molecule has 0 aromatic heterocycles. The molecule has 1 aromatic rings. The van der Waals surface area contributed by atoms with Gasteiger partial charge in [0.05, 0.1) is 0 Å². The predicted octanol–water partition coefficient (Wildman–Crippen LogP) is 2.52. The molecule has 0 bridgehead atoms. The zero-order valence-corrected chi connectivity index (χ0v) is 12.6. The fraction of sp³-hybridized carbons (Fsp3) is 0.500. The zero-order valence-electron chi connectivity index (χ0n) is 12.6. The maximum absolute atomic E-state index is 11.8. The highest BCUT2D eigenvalue weighted by Gasteiger charge is 2.15. The lowest BCUT2D eigenvalue weighted by atomic mass is 10.1. The number of hydrogen-bond acceptors (Lipinski definition) is 2. The molecule has 0 unspecified atom stereocenters. The van der Waals surface area contributed by atoms with Gasteiger partial charge in [0.15, 0.2) is 0 Å². The standard InChI is InChI=1S/C16H24N2O2/c1-4-6-11-17-16(20)12-18(13(3)19)15-9-7-14(5-2)8-10-15/h7-10H,4-6,11-12H2,1-3H3,(H,17,20).